The highest BCUT2D eigenvalue weighted by molar-refractivity contribution is 7.89. The molecule has 1 aromatic heterocycles. The van der Waals surface area contributed by atoms with Crippen molar-refractivity contribution in [2.24, 2.45) is 5.14 Å². The number of sulfonamides is 1. The Kier molecular flexibility index (Phi) is 4.02. The number of likely N-dealkylation sites (tertiary alicyclic amines) is 1. The van der Waals surface area contributed by atoms with Gasteiger partial charge in [-0.25, -0.2) is 13.6 Å². The van der Waals surface area contributed by atoms with Crippen LogP contribution in [0.15, 0.2) is 28.5 Å². The first kappa shape index (κ1) is 14.9. The molecule has 114 valence electrons. The van der Waals surface area contributed by atoms with E-state index in [9.17, 15) is 13.5 Å². The van der Waals surface area contributed by atoms with Gasteiger partial charge in [-0.15, -0.1) is 11.3 Å². The van der Waals surface area contributed by atoms with Crippen molar-refractivity contribution in [3.05, 3.63) is 29.1 Å². The van der Waals surface area contributed by atoms with Crippen molar-refractivity contribution in [1.29, 1.82) is 0 Å². The minimum absolute atomic E-state index is 0.156. The molecule has 1 aromatic carbocycles. The SMILES string of the molecule is NS(=O)(=O)c1ccc2scc(CN3CCC(O)CC3)c2c1. The second kappa shape index (κ2) is 5.66. The number of primary sulfonamides is 1. The highest BCUT2D eigenvalue weighted by Gasteiger charge is 2.18. The van der Waals surface area contributed by atoms with Gasteiger partial charge >= 0.3 is 0 Å². The maximum Gasteiger partial charge on any atom is 0.238 e. The maximum absolute atomic E-state index is 11.5. The summed E-state index contributed by atoms with van der Waals surface area (Å²) in [5.41, 5.74) is 1.12. The minimum Gasteiger partial charge on any atom is -0.393 e. The van der Waals surface area contributed by atoms with Gasteiger partial charge in [-0.2, -0.15) is 0 Å². The number of aliphatic hydroxyl groups excluding tert-OH is 1. The highest BCUT2D eigenvalue weighted by atomic mass is 32.2. The van der Waals surface area contributed by atoms with Crippen molar-refractivity contribution < 1.29 is 13.5 Å². The molecular weight excluding hydrogens is 308 g/mol. The molecule has 0 atom stereocenters. The third-order valence-electron chi connectivity index (χ3n) is 3.90. The Bertz CT molecular complexity index is 747. The average Bonchev–Trinajstić information content (AvgIpc) is 2.83. The smallest absolute Gasteiger partial charge is 0.238 e. The van der Waals surface area contributed by atoms with Crippen molar-refractivity contribution in [2.45, 2.75) is 30.4 Å². The van der Waals surface area contributed by atoms with Gasteiger partial charge < -0.3 is 5.11 Å². The molecule has 0 unspecified atom stereocenters. The van der Waals surface area contributed by atoms with Gasteiger partial charge in [0.1, 0.15) is 0 Å². The molecule has 1 saturated heterocycles. The lowest BCUT2D eigenvalue weighted by Gasteiger charge is -2.29. The fraction of sp³-hybridized carbons (Fsp3) is 0.429. The zero-order chi connectivity index (χ0) is 15.0. The standard InChI is InChI=1S/C14H18N2O3S2/c15-21(18,19)12-1-2-14-13(7-12)10(9-20-14)8-16-5-3-11(17)4-6-16/h1-2,7,9,11,17H,3-6,8H2,(H2,15,18,19). The van der Waals surface area contributed by atoms with Gasteiger partial charge in [-0.1, -0.05) is 0 Å². The predicted molar refractivity (Wildman–Crippen MR) is 83.7 cm³/mol. The summed E-state index contributed by atoms with van der Waals surface area (Å²) >= 11 is 1.61. The Balaban J connectivity index is 1.88. The summed E-state index contributed by atoms with van der Waals surface area (Å²) in [5, 5.41) is 17.8. The van der Waals surface area contributed by atoms with Crippen molar-refractivity contribution in [3.8, 4) is 0 Å². The van der Waals surface area contributed by atoms with Crippen LogP contribution in [-0.4, -0.2) is 37.6 Å². The summed E-state index contributed by atoms with van der Waals surface area (Å²) in [6.07, 6.45) is 1.41. The van der Waals surface area contributed by atoms with E-state index in [2.05, 4.69) is 10.3 Å². The maximum atomic E-state index is 11.5. The molecule has 1 aliphatic heterocycles. The minimum atomic E-state index is -3.67. The van der Waals surface area contributed by atoms with Gasteiger partial charge in [-0.3, -0.25) is 4.90 Å². The average molecular weight is 326 g/mol. The molecule has 21 heavy (non-hydrogen) atoms. The number of aliphatic hydroxyl groups is 1. The largest absolute Gasteiger partial charge is 0.393 e. The van der Waals surface area contributed by atoms with Crippen LogP contribution in [0.4, 0.5) is 0 Å². The second-order valence-corrected chi connectivity index (χ2v) is 7.94. The molecule has 0 aliphatic carbocycles. The Labute approximate surface area is 128 Å². The van der Waals surface area contributed by atoms with E-state index in [-0.39, 0.29) is 11.0 Å². The second-order valence-electron chi connectivity index (χ2n) is 5.47. The zero-order valence-electron chi connectivity index (χ0n) is 11.5. The van der Waals surface area contributed by atoms with E-state index in [1.165, 1.54) is 0 Å². The number of hydrogen-bond acceptors (Lipinski definition) is 5. The number of rotatable bonds is 3. The lowest BCUT2D eigenvalue weighted by molar-refractivity contribution is 0.0795. The van der Waals surface area contributed by atoms with Crippen LogP contribution in [-0.2, 0) is 16.6 Å². The molecule has 3 rings (SSSR count). The highest BCUT2D eigenvalue weighted by Crippen LogP contribution is 2.29. The fourth-order valence-electron chi connectivity index (χ4n) is 2.68. The number of fused-ring (bicyclic) bond motifs is 1. The van der Waals surface area contributed by atoms with E-state index < -0.39 is 10.0 Å². The monoisotopic (exact) mass is 326 g/mol. The van der Waals surface area contributed by atoms with Crippen LogP contribution in [0.1, 0.15) is 18.4 Å². The Morgan fingerprint density at radius 3 is 2.71 bits per heavy atom. The summed E-state index contributed by atoms with van der Waals surface area (Å²) in [5.74, 6) is 0. The molecule has 2 heterocycles. The van der Waals surface area contributed by atoms with Crippen molar-refractivity contribution in [3.63, 3.8) is 0 Å². The van der Waals surface area contributed by atoms with E-state index in [1.807, 2.05) is 6.07 Å². The molecule has 1 fully saturated rings. The van der Waals surface area contributed by atoms with E-state index in [1.54, 1.807) is 23.5 Å². The topological polar surface area (TPSA) is 83.6 Å². The molecule has 0 amide bonds. The molecule has 5 nitrogen and oxygen atoms in total. The van der Waals surface area contributed by atoms with Crippen molar-refractivity contribution >= 4 is 31.4 Å². The van der Waals surface area contributed by atoms with Crippen LogP contribution in [0.25, 0.3) is 10.1 Å². The Morgan fingerprint density at radius 1 is 1.33 bits per heavy atom. The molecule has 0 spiro atoms. The zero-order valence-corrected chi connectivity index (χ0v) is 13.2. The summed E-state index contributed by atoms with van der Waals surface area (Å²) in [7, 11) is -3.67. The quantitative estimate of drug-likeness (QED) is 0.895. The lowest BCUT2D eigenvalue weighted by atomic mass is 10.1. The summed E-state index contributed by atoms with van der Waals surface area (Å²) in [4.78, 5) is 2.45. The third kappa shape index (κ3) is 3.27. The number of nitrogens with two attached hydrogens (primary N) is 1. The van der Waals surface area contributed by atoms with Crippen LogP contribution in [0.5, 0.6) is 0 Å². The molecule has 1 aliphatic rings. The van der Waals surface area contributed by atoms with Crippen molar-refractivity contribution in [2.75, 3.05) is 13.1 Å². The van der Waals surface area contributed by atoms with Gasteiger partial charge in [0, 0.05) is 24.3 Å². The first-order valence-electron chi connectivity index (χ1n) is 6.87. The molecule has 0 saturated carbocycles. The molecule has 3 N–H and O–H groups in total. The third-order valence-corrected chi connectivity index (χ3v) is 5.83. The summed E-state index contributed by atoms with van der Waals surface area (Å²) < 4.78 is 24.0. The number of nitrogens with zero attached hydrogens (tertiary/aromatic N) is 1. The van der Waals surface area contributed by atoms with Gasteiger partial charge in [0.05, 0.1) is 11.0 Å². The summed E-state index contributed by atoms with van der Waals surface area (Å²) in [6.45, 7) is 2.52. The molecule has 0 radical (unpaired) electrons. The van der Waals surface area contributed by atoms with E-state index in [4.69, 9.17) is 5.14 Å². The fourth-order valence-corrected chi connectivity index (χ4v) is 4.15. The van der Waals surface area contributed by atoms with Gasteiger partial charge in [0.2, 0.25) is 10.0 Å². The van der Waals surface area contributed by atoms with Crippen LogP contribution in [0.2, 0.25) is 0 Å². The number of thiophene rings is 1. The van der Waals surface area contributed by atoms with Crippen LogP contribution in [0, 0.1) is 0 Å². The van der Waals surface area contributed by atoms with Gasteiger partial charge in [-0.05, 0) is 47.4 Å². The van der Waals surface area contributed by atoms with Crippen LogP contribution in [0.3, 0.4) is 0 Å². The predicted octanol–water partition coefficient (Wildman–Crippen LogP) is 1.51. The summed E-state index contributed by atoms with van der Waals surface area (Å²) in [6, 6.07) is 5.02. The Morgan fingerprint density at radius 2 is 2.05 bits per heavy atom. The first-order chi connectivity index (χ1) is 9.93. The molecular formula is C14H18N2O3S2. The molecule has 7 heteroatoms. The first-order valence-corrected chi connectivity index (χ1v) is 9.29. The number of benzene rings is 1. The van der Waals surface area contributed by atoms with E-state index in [0.29, 0.717) is 0 Å². The van der Waals surface area contributed by atoms with E-state index in [0.717, 1.165) is 48.1 Å². The number of piperidine rings is 1. The van der Waals surface area contributed by atoms with Crippen molar-refractivity contribution in [1.82, 2.24) is 4.90 Å². The molecule has 0 bridgehead atoms. The lowest BCUT2D eigenvalue weighted by Crippen LogP contribution is -2.35. The van der Waals surface area contributed by atoms with Crippen LogP contribution < -0.4 is 5.14 Å². The van der Waals surface area contributed by atoms with E-state index >= 15 is 0 Å². The molecule has 2 aromatic rings. The van der Waals surface area contributed by atoms with Gasteiger partial charge in [0.25, 0.3) is 0 Å². The van der Waals surface area contributed by atoms with Gasteiger partial charge in [0.15, 0.2) is 0 Å². The van der Waals surface area contributed by atoms with Crippen LogP contribution >= 0.6 is 11.3 Å². The Hall–Kier alpha value is -0.990. The number of hydrogen-bond donors (Lipinski definition) is 2. The normalized spacial score (nSPS) is 18.4.